The number of carbonyl (C=O) groups is 7. The zero-order valence-electron chi connectivity index (χ0n) is 36.4. The van der Waals surface area contributed by atoms with Crippen LogP contribution in [0.1, 0.15) is 19.3 Å². The highest BCUT2D eigenvalue weighted by Crippen LogP contribution is 2.06. The van der Waals surface area contributed by atoms with E-state index in [-0.39, 0.29) is 42.2 Å². The number of hydrogen-bond acceptors (Lipinski definition) is 12. The molecule has 26 heteroatoms. The molecular weight excluding hydrogens is 811 g/mol. The molecule has 7 rings (SSSR count). The molecule has 0 spiro atoms. The van der Waals surface area contributed by atoms with Crippen LogP contribution in [0.4, 0.5) is 33.6 Å². The summed E-state index contributed by atoms with van der Waals surface area (Å²) < 4.78 is 0. The van der Waals surface area contributed by atoms with E-state index >= 15 is 0 Å². The highest BCUT2D eigenvalue weighted by Gasteiger charge is 2.26. The van der Waals surface area contributed by atoms with Crippen molar-refractivity contribution in [2.75, 3.05) is 170 Å². The summed E-state index contributed by atoms with van der Waals surface area (Å²) in [7, 11) is 0. The zero-order valence-corrected chi connectivity index (χ0v) is 36.4. The third-order valence-electron chi connectivity index (χ3n) is 9.78. The zero-order chi connectivity index (χ0) is 45.4. The first-order valence-electron chi connectivity index (χ1n) is 21.7. The van der Waals surface area contributed by atoms with Gasteiger partial charge in [0.2, 0.25) is 0 Å². The van der Waals surface area contributed by atoms with Gasteiger partial charge in [-0.25, -0.2) is 33.6 Å². The van der Waals surface area contributed by atoms with E-state index in [4.69, 9.17) is 22.9 Å². The Hall–Kier alpha value is -5.31. The van der Waals surface area contributed by atoms with Crippen LogP contribution in [0.25, 0.3) is 0 Å². The number of urea groups is 7. The Labute approximate surface area is 364 Å². The lowest BCUT2D eigenvalue weighted by molar-refractivity contribution is 0.194. The molecule has 0 saturated carbocycles. The summed E-state index contributed by atoms with van der Waals surface area (Å²) in [5.74, 6) is 0. The van der Waals surface area contributed by atoms with E-state index in [1.54, 1.807) is 24.5 Å². The molecule has 0 aromatic carbocycles. The number of rotatable bonds is 16. The Balaban J connectivity index is 0.000000265. The van der Waals surface area contributed by atoms with Crippen LogP contribution in [0.2, 0.25) is 0 Å². The summed E-state index contributed by atoms with van der Waals surface area (Å²) >= 11 is 0. The monoisotopic (exact) mass is 886 g/mol. The topological polar surface area (TPSA) is 351 Å². The minimum absolute atomic E-state index is 0.0143. The highest BCUT2D eigenvalue weighted by atomic mass is 16.2. The van der Waals surface area contributed by atoms with Crippen LogP contribution in [0.15, 0.2) is 0 Å². The summed E-state index contributed by atoms with van der Waals surface area (Å²) in [5, 5.41) is 24.6. The molecule has 7 saturated heterocycles. The Bertz CT molecular complexity index is 1290. The molecule has 0 radical (unpaired) electrons. The third-order valence-corrected chi connectivity index (χ3v) is 9.78. The van der Waals surface area contributed by atoms with Gasteiger partial charge in [-0.05, 0) is 25.8 Å². The fourth-order valence-electron chi connectivity index (χ4n) is 6.38. The first-order valence-corrected chi connectivity index (χ1v) is 21.7. The predicted molar refractivity (Wildman–Crippen MR) is 234 cm³/mol. The van der Waals surface area contributed by atoms with Gasteiger partial charge in [0, 0.05) is 164 Å². The van der Waals surface area contributed by atoms with Crippen LogP contribution in [-0.2, 0) is 0 Å². The molecule has 62 heavy (non-hydrogen) atoms. The number of amides is 14. The van der Waals surface area contributed by atoms with E-state index in [0.29, 0.717) is 39.3 Å². The first-order chi connectivity index (χ1) is 30.0. The highest BCUT2D eigenvalue weighted by molar-refractivity contribution is 5.78. The quantitative estimate of drug-likeness (QED) is 0.0649. The first kappa shape index (κ1) is 52.8. The summed E-state index contributed by atoms with van der Waals surface area (Å²) in [6, 6.07) is 0.117. The predicted octanol–water partition coefficient (Wildman–Crippen LogP) is -5.02. The van der Waals surface area contributed by atoms with Crippen molar-refractivity contribution in [1.82, 2.24) is 77.3 Å². The third kappa shape index (κ3) is 22.0. The van der Waals surface area contributed by atoms with Crippen molar-refractivity contribution >= 4 is 42.2 Å². The lowest BCUT2D eigenvalue weighted by atomic mass is 10.3. The molecule has 7 aliphatic heterocycles. The number of unbranched alkanes of at least 4 members (excludes halogenated alkanes) is 1. The van der Waals surface area contributed by atoms with Crippen molar-refractivity contribution in [2.45, 2.75) is 19.3 Å². The van der Waals surface area contributed by atoms with Gasteiger partial charge in [0.25, 0.3) is 0 Å². The Morgan fingerprint density at radius 1 is 0.371 bits per heavy atom. The van der Waals surface area contributed by atoms with Crippen LogP contribution in [-0.4, -0.2) is 242 Å². The molecule has 0 aromatic heterocycles. The van der Waals surface area contributed by atoms with E-state index < -0.39 is 0 Å². The van der Waals surface area contributed by atoms with Crippen molar-refractivity contribution in [3.05, 3.63) is 0 Å². The molecule has 0 aliphatic carbocycles. The number of nitrogens with zero attached hydrogens (tertiary/aromatic N) is 6. The summed E-state index contributed by atoms with van der Waals surface area (Å²) in [4.78, 5) is 86.4. The standard InChI is InChI=1S/C10H19N5O2.C7H16N4O.C7H15N3O.C5H11N3O.C4H8N2O.C3H6N2O/c16-9-12-3-7-14(9)5-1-11-2-6-15-8-4-13-10(15)17;8-1-3-10-5-6-11(4-2-9)7(10)12;8-3-1-2-5-10-6-4-9-7(10)11;6-1-3-8-4-2-7-5(8)9;7-4-5-2-1-3-6-4;6-3-4-1-2-5-3/h11H,1-8H2,(H,12,16)(H,13,17);1-6,8-9H2;1-6,8H2,(H,9,11);1-4,6H2,(H,7,9);1-3H2,(H2,5,6,7);1-2H2,(H2,4,5,6). The molecule has 0 aromatic rings. The minimum Gasteiger partial charge on any atom is -0.338 e. The second kappa shape index (κ2) is 32.4. The maximum Gasteiger partial charge on any atom is 0.320 e. The number of carbonyl (C=O) groups excluding carboxylic acids is 7. The van der Waals surface area contributed by atoms with Crippen LogP contribution in [0.3, 0.4) is 0 Å². The second-order valence-electron chi connectivity index (χ2n) is 14.5. The molecule has 7 fully saturated rings. The molecule has 0 unspecified atom stereocenters. The van der Waals surface area contributed by atoms with Gasteiger partial charge in [0.1, 0.15) is 0 Å². The van der Waals surface area contributed by atoms with Gasteiger partial charge < -0.3 is 100 Å². The Morgan fingerprint density at radius 2 is 0.726 bits per heavy atom. The fraction of sp³-hybridized carbons (Fsp3) is 0.806. The van der Waals surface area contributed by atoms with E-state index in [1.165, 1.54) is 0 Å². The maximum absolute atomic E-state index is 11.4. The molecule has 0 bridgehead atoms. The van der Waals surface area contributed by atoms with Crippen LogP contribution >= 0.6 is 0 Å². The molecular formula is C36H75N19O7. The number of nitrogens with one attached hydrogen (secondary N) is 9. The molecule has 7 aliphatic rings. The minimum atomic E-state index is -0.0463. The average molecular weight is 886 g/mol. The van der Waals surface area contributed by atoms with Gasteiger partial charge in [0.05, 0.1) is 0 Å². The van der Waals surface area contributed by atoms with Crippen LogP contribution < -0.4 is 70.8 Å². The molecule has 26 nitrogen and oxygen atoms in total. The van der Waals surface area contributed by atoms with Gasteiger partial charge in [0.15, 0.2) is 0 Å². The van der Waals surface area contributed by atoms with Crippen LogP contribution in [0, 0.1) is 0 Å². The summed E-state index contributed by atoms with van der Waals surface area (Å²) in [5.41, 5.74) is 21.3. The average Bonchev–Trinajstić information content (AvgIpc) is 4.16. The SMILES string of the molecule is NCCCCN1CCNC1=O.NCCN1CCN(CCN)C1=O.NCCN1CCNC1=O.O=C1NCCCN1.O=C1NCCN1.O=C1NCCN1CCNCCN1CCNC1=O. The van der Waals surface area contributed by atoms with E-state index in [0.717, 1.165) is 150 Å². The van der Waals surface area contributed by atoms with Crippen molar-refractivity contribution in [3.8, 4) is 0 Å². The molecule has 7 heterocycles. The molecule has 17 N–H and O–H groups in total. The Morgan fingerprint density at radius 3 is 1.03 bits per heavy atom. The van der Waals surface area contributed by atoms with Crippen molar-refractivity contribution < 1.29 is 33.6 Å². The lowest BCUT2D eigenvalue weighted by Crippen LogP contribution is -2.42. The van der Waals surface area contributed by atoms with Crippen molar-refractivity contribution in [2.24, 2.45) is 22.9 Å². The summed E-state index contributed by atoms with van der Waals surface area (Å²) in [6.07, 6.45) is 3.07. The normalized spacial score (nSPS) is 18.7. The second-order valence-corrected chi connectivity index (χ2v) is 14.5. The smallest absolute Gasteiger partial charge is 0.320 e. The Kier molecular flexibility index (Phi) is 27.6. The van der Waals surface area contributed by atoms with Gasteiger partial charge in [-0.15, -0.1) is 0 Å². The van der Waals surface area contributed by atoms with E-state index in [1.807, 2.05) is 4.90 Å². The van der Waals surface area contributed by atoms with E-state index in [9.17, 15) is 33.6 Å². The van der Waals surface area contributed by atoms with Gasteiger partial charge in [-0.3, -0.25) is 0 Å². The molecule has 14 amide bonds. The fourth-order valence-corrected chi connectivity index (χ4v) is 6.38. The largest absolute Gasteiger partial charge is 0.338 e. The molecule has 0 atom stereocenters. The number of hydrogen-bond donors (Lipinski definition) is 13. The van der Waals surface area contributed by atoms with Crippen molar-refractivity contribution in [1.29, 1.82) is 0 Å². The maximum atomic E-state index is 11.4. The molecule has 356 valence electrons. The van der Waals surface area contributed by atoms with Crippen LogP contribution in [0.5, 0.6) is 0 Å². The van der Waals surface area contributed by atoms with Gasteiger partial charge >= 0.3 is 42.2 Å². The van der Waals surface area contributed by atoms with E-state index in [2.05, 4.69) is 47.9 Å². The summed E-state index contributed by atoms with van der Waals surface area (Å²) in [6.45, 7) is 19.2. The van der Waals surface area contributed by atoms with Gasteiger partial charge in [-0.2, -0.15) is 0 Å². The lowest BCUT2D eigenvalue weighted by Gasteiger charge is -2.16. The van der Waals surface area contributed by atoms with Crippen molar-refractivity contribution in [3.63, 3.8) is 0 Å². The van der Waals surface area contributed by atoms with Gasteiger partial charge in [-0.1, -0.05) is 0 Å². The number of nitrogens with two attached hydrogens (primary N) is 4.